The number of likely N-dealkylation sites (N-methyl/N-ethyl adjacent to an activating group) is 1. The summed E-state index contributed by atoms with van der Waals surface area (Å²) in [5, 5.41) is 6.50. The van der Waals surface area contributed by atoms with Crippen molar-refractivity contribution < 1.29 is 4.79 Å². The molecule has 23 heavy (non-hydrogen) atoms. The van der Waals surface area contributed by atoms with E-state index in [9.17, 15) is 4.79 Å². The molecule has 0 unspecified atom stereocenters. The molecular formula is C17H35N5O. The molecule has 0 aromatic carbocycles. The van der Waals surface area contributed by atoms with Crippen molar-refractivity contribution in [1.82, 2.24) is 20.4 Å². The van der Waals surface area contributed by atoms with Crippen LogP contribution in [-0.4, -0.2) is 75.0 Å². The van der Waals surface area contributed by atoms with Crippen LogP contribution in [0, 0.1) is 0 Å². The summed E-state index contributed by atoms with van der Waals surface area (Å²) in [6.45, 7) is 4.99. The molecule has 6 nitrogen and oxygen atoms in total. The molecule has 0 heterocycles. The number of carbonyl (C=O) groups excluding carboxylic acids is 1. The highest BCUT2D eigenvalue weighted by Gasteiger charge is 2.17. The Morgan fingerprint density at radius 1 is 1.13 bits per heavy atom. The van der Waals surface area contributed by atoms with Crippen molar-refractivity contribution in [3.8, 4) is 0 Å². The van der Waals surface area contributed by atoms with Crippen molar-refractivity contribution in [2.45, 2.75) is 51.5 Å². The van der Waals surface area contributed by atoms with Crippen LogP contribution in [0.3, 0.4) is 0 Å². The molecular weight excluding hydrogens is 290 g/mol. The Balaban J connectivity index is 2.26. The largest absolute Gasteiger partial charge is 0.357 e. The predicted octanol–water partition coefficient (Wildman–Crippen LogP) is 1.28. The van der Waals surface area contributed by atoms with Gasteiger partial charge in [0, 0.05) is 33.2 Å². The highest BCUT2D eigenvalue weighted by atomic mass is 16.2. The molecule has 0 spiro atoms. The lowest BCUT2D eigenvalue weighted by atomic mass is 9.94. The fourth-order valence-electron chi connectivity index (χ4n) is 2.87. The molecule has 1 saturated carbocycles. The summed E-state index contributed by atoms with van der Waals surface area (Å²) >= 11 is 0. The van der Waals surface area contributed by atoms with E-state index >= 15 is 0 Å². The molecule has 0 atom stereocenters. The quantitative estimate of drug-likeness (QED) is 0.401. The molecule has 0 bridgehead atoms. The Bertz CT molecular complexity index is 364. The number of amides is 1. The second-order valence-corrected chi connectivity index (χ2v) is 6.54. The lowest BCUT2D eigenvalue weighted by Gasteiger charge is -2.31. The van der Waals surface area contributed by atoms with Gasteiger partial charge in [-0.2, -0.15) is 0 Å². The van der Waals surface area contributed by atoms with Gasteiger partial charge in [-0.05, 0) is 39.8 Å². The van der Waals surface area contributed by atoms with Gasteiger partial charge in [0.05, 0.1) is 0 Å². The van der Waals surface area contributed by atoms with Gasteiger partial charge in [0.25, 0.3) is 0 Å². The standard InChI is InChI=1S/C17H35N5O/c1-5-18-17(20-14-16(23)21(2)3)19-12-9-13-22(4)15-10-7-6-8-11-15/h15H,5-14H2,1-4H3,(H2,18,19,20). The highest BCUT2D eigenvalue weighted by molar-refractivity contribution is 5.84. The number of rotatable bonds is 8. The van der Waals surface area contributed by atoms with Gasteiger partial charge < -0.3 is 20.4 Å². The zero-order valence-electron chi connectivity index (χ0n) is 15.4. The summed E-state index contributed by atoms with van der Waals surface area (Å²) in [7, 11) is 5.74. The van der Waals surface area contributed by atoms with E-state index in [1.165, 1.54) is 32.1 Å². The topological polar surface area (TPSA) is 60.0 Å². The van der Waals surface area contributed by atoms with Gasteiger partial charge in [-0.1, -0.05) is 19.3 Å². The van der Waals surface area contributed by atoms with Crippen LogP contribution < -0.4 is 10.6 Å². The first-order valence-electron chi connectivity index (χ1n) is 8.97. The van der Waals surface area contributed by atoms with Gasteiger partial charge in [-0.15, -0.1) is 0 Å². The SMILES string of the molecule is CCNC(=NCC(=O)N(C)C)NCCCN(C)C1CCCCC1. The second kappa shape index (κ2) is 11.3. The van der Waals surface area contributed by atoms with E-state index < -0.39 is 0 Å². The molecule has 0 aliphatic heterocycles. The van der Waals surface area contributed by atoms with Gasteiger partial charge in [-0.25, -0.2) is 4.99 Å². The van der Waals surface area contributed by atoms with Crippen LogP contribution in [0.5, 0.6) is 0 Å². The Labute approximate surface area is 141 Å². The van der Waals surface area contributed by atoms with Crippen LogP contribution in [0.1, 0.15) is 45.4 Å². The molecule has 0 aromatic heterocycles. The maximum absolute atomic E-state index is 11.6. The first-order valence-corrected chi connectivity index (χ1v) is 8.97. The van der Waals surface area contributed by atoms with Crippen molar-refractivity contribution in [3.05, 3.63) is 0 Å². The van der Waals surface area contributed by atoms with Crippen LogP contribution in [0.2, 0.25) is 0 Å². The minimum absolute atomic E-state index is 0.0132. The van der Waals surface area contributed by atoms with Gasteiger partial charge in [0.1, 0.15) is 6.54 Å². The molecule has 2 N–H and O–H groups in total. The van der Waals surface area contributed by atoms with E-state index in [-0.39, 0.29) is 12.5 Å². The van der Waals surface area contributed by atoms with Gasteiger partial charge >= 0.3 is 0 Å². The average molecular weight is 326 g/mol. The van der Waals surface area contributed by atoms with Crippen LogP contribution in [0.4, 0.5) is 0 Å². The van der Waals surface area contributed by atoms with Crippen LogP contribution in [0.25, 0.3) is 0 Å². The molecule has 1 aliphatic rings. The number of nitrogens with one attached hydrogen (secondary N) is 2. The molecule has 134 valence electrons. The maximum atomic E-state index is 11.6. The zero-order chi connectivity index (χ0) is 17.1. The number of guanidine groups is 1. The lowest BCUT2D eigenvalue weighted by molar-refractivity contribution is -0.127. The predicted molar refractivity (Wildman–Crippen MR) is 96.8 cm³/mol. The van der Waals surface area contributed by atoms with Crippen molar-refractivity contribution in [1.29, 1.82) is 0 Å². The second-order valence-electron chi connectivity index (χ2n) is 6.54. The Kier molecular flexibility index (Phi) is 9.67. The molecule has 0 saturated heterocycles. The number of aliphatic imine (C=N–C) groups is 1. The number of hydrogen-bond acceptors (Lipinski definition) is 3. The van der Waals surface area contributed by atoms with Crippen LogP contribution >= 0.6 is 0 Å². The first-order chi connectivity index (χ1) is 11.0. The van der Waals surface area contributed by atoms with Gasteiger partial charge in [0.2, 0.25) is 5.91 Å². The molecule has 1 fully saturated rings. The monoisotopic (exact) mass is 325 g/mol. The molecule has 1 rings (SSSR count). The fourth-order valence-corrected chi connectivity index (χ4v) is 2.87. The number of nitrogens with zero attached hydrogens (tertiary/aromatic N) is 3. The summed E-state index contributed by atoms with van der Waals surface area (Å²) in [6, 6.07) is 0.767. The summed E-state index contributed by atoms with van der Waals surface area (Å²) < 4.78 is 0. The molecule has 0 radical (unpaired) electrons. The summed E-state index contributed by atoms with van der Waals surface area (Å²) in [5.74, 6) is 0.738. The summed E-state index contributed by atoms with van der Waals surface area (Å²) in [5.41, 5.74) is 0. The van der Waals surface area contributed by atoms with E-state index in [2.05, 4.69) is 27.6 Å². The maximum Gasteiger partial charge on any atom is 0.243 e. The van der Waals surface area contributed by atoms with E-state index in [0.717, 1.165) is 38.1 Å². The number of hydrogen-bond donors (Lipinski definition) is 2. The minimum atomic E-state index is 0.0132. The normalized spacial score (nSPS) is 16.5. The third-order valence-corrected chi connectivity index (χ3v) is 4.39. The zero-order valence-corrected chi connectivity index (χ0v) is 15.4. The number of carbonyl (C=O) groups is 1. The lowest BCUT2D eigenvalue weighted by Crippen LogP contribution is -2.40. The van der Waals surface area contributed by atoms with E-state index in [4.69, 9.17) is 0 Å². The molecule has 0 aromatic rings. The van der Waals surface area contributed by atoms with Crippen molar-refractivity contribution >= 4 is 11.9 Å². The third kappa shape index (κ3) is 8.21. The summed E-state index contributed by atoms with van der Waals surface area (Å²) in [4.78, 5) is 20.0. The smallest absolute Gasteiger partial charge is 0.243 e. The first kappa shape index (κ1) is 19.7. The molecule has 6 heteroatoms. The van der Waals surface area contributed by atoms with Gasteiger partial charge in [0.15, 0.2) is 5.96 Å². The van der Waals surface area contributed by atoms with E-state index in [1.54, 1.807) is 19.0 Å². The van der Waals surface area contributed by atoms with Gasteiger partial charge in [-0.3, -0.25) is 4.79 Å². The Morgan fingerprint density at radius 2 is 1.83 bits per heavy atom. The average Bonchev–Trinajstić information content (AvgIpc) is 2.56. The van der Waals surface area contributed by atoms with Crippen LogP contribution in [-0.2, 0) is 4.79 Å². The van der Waals surface area contributed by atoms with Crippen molar-refractivity contribution in [3.63, 3.8) is 0 Å². The van der Waals surface area contributed by atoms with Crippen molar-refractivity contribution in [2.75, 3.05) is 47.3 Å². The fraction of sp³-hybridized carbons (Fsp3) is 0.882. The third-order valence-electron chi connectivity index (χ3n) is 4.39. The van der Waals surface area contributed by atoms with Crippen molar-refractivity contribution in [2.24, 2.45) is 4.99 Å². The molecule has 1 aliphatic carbocycles. The Morgan fingerprint density at radius 3 is 2.43 bits per heavy atom. The van der Waals surface area contributed by atoms with E-state index in [1.807, 2.05) is 6.92 Å². The highest BCUT2D eigenvalue weighted by Crippen LogP contribution is 2.21. The summed E-state index contributed by atoms with van der Waals surface area (Å²) in [6.07, 6.45) is 7.94. The minimum Gasteiger partial charge on any atom is -0.357 e. The van der Waals surface area contributed by atoms with E-state index in [0.29, 0.717) is 0 Å². The Hall–Kier alpha value is -1.30. The molecule has 1 amide bonds. The van der Waals surface area contributed by atoms with Crippen LogP contribution in [0.15, 0.2) is 4.99 Å².